The molecule has 1 heterocycles. The van der Waals surface area contributed by atoms with Crippen LogP contribution in [0.5, 0.6) is 5.75 Å². The zero-order valence-corrected chi connectivity index (χ0v) is 14.2. The summed E-state index contributed by atoms with van der Waals surface area (Å²) < 4.78 is 10.9. The van der Waals surface area contributed by atoms with Crippen LogP contribution in [0.4, 0.5) is 5.69 Å². The summed E-state index contributed by atoms with van der Waals surface area (Å²) in [7, 11) is 0. The third-order valence-corrected chi connectivity index (χ3v) is 4.00. The van der Waals surface area contributed by atoms with Gasteiger partial charge in [0.2, 0.25) is 0 Å². The largest absolute Gasteiger partial charge is 0.489 e. The highest BCUT2D eigenvalue weighted by atomic mass is 16.5. The number of carboxylic acids is 1. The maximum Gasteiger partial charge on any atom is 0.335 e. The Hall–Kier alpha value is -2.83. The van der Waals surface area contributed by atoms with Crippen LogP contribution in [0.2, 0.25) is 0 Å². The van der Waals surface area contributed by atoms with E-state index in [2.05, 4.69) is 10.5 Å². The first-order chi connectivity index (χ1) is 12.0. The molecular weight excluding hydrogens is 324 g/mol. The molecule has 0 fully saturated rings. The fourth-order valence-electron chi connectivity index (χ4n) is 2.86. The molecule has 132 valence electrons. The third kappa shape index (κ3) is 3.65. The molecule has 0 radical (unpaired) electrons. The molecule has 0 saturated heterocycles. The van der Waals surface area contributed by atoms with Gasteiger partial charge in [0.25, 0.3) is 5.91 Å². The van der Waals surface area contributed by atoms with Gasteiger partial charge in [-0.15, -0.1) is 0 Å². The molecule has 2 aromatic rings. The second-order valence-electron chi connectivity index (χ2n) is 6.28. The van der Waals surface area contributed by atoms with Crippen LogP contribution in [0.15, 0.2) is 22.7 Å². The molecule has 0 spiro atoms. The maximum atomic E-state index is 12.6. The SMILES string of the molecule is CC(C)Oc1ccc(C(=O)O)cc1NC(=O)c1noc2c1CCCC2. The van der Waals surface area contributed by atoms with E-state index in [9.17, 15) is 14.7 Å². The summed E-state index contributed by atoms with van der Waals surface area (Å²) in [5.41, 5.74) is 1.45. The highest BCUT2D eigenvalue weighted by Crippen LogP contribution is 2.29. The number of carbonyl (C=O) groups is 2. The van der Waals surface area contributed by atoms with Crippen molar-refractivity contribution in [1.82, 2.24) is 5.16 Å². The smallest absolute Gasteiger partial charge is 0.335 e. The standard InChI is InChI=1S/C18H20N2O5/c1-10(2)24-15-8-7-11(18(22)23)9-13(15)19-17(21)16-12-5-3-4-6-14(12)25-20-16/h7-10H,3-6H2,1-2H3,(H,19,21)(H,22,23). The van der Waals surface area contributed by atoms with E-state index in [0.717, 1.165) is 37.0 Å². The summed E-state index contributed by atoms with van der Waals surface area (Å²) in [6, 6.07) is 4.36. The fourth-order valence-corrected chi connectivity index (χ4v) is 2.86. The number of nitrogens with zero attached hydrogens (tertiary/aromatic N) is 1. The van der Waals surface area contributed by atoms with Gasteiger partial charge in [0.15, 0.2) is 5.69 Å². The van der Waals surface area contributed by atoms with Gasteiger partial charge in [0.05, 0.1) is 17.4 Å². The van der Waals surface area contributed by atoms with E-state index in [-0.39, 0.29) is 17.4 Å². The lowest BCUT2D eigenvalue weighted by atomic mass is 9.96. The average Bonchev–Trinajstić information content (AvgIpc) is 3.00. The number of aromatic carboxylic acids is 1. The lowest BCUT2D eigenvalue weighted by molar-refractivity contribution is 0.0696. The van der Waals surface area contributed by atoms with E-state index in [0.29, 0.717) is 11.4 Å². The quantitative estimate of drug-likeness (QED) is 0.863. The number of anilines is 1. The molecule has 7 nitrogen and oxygen atoms in total. The molecule has 0 atom stereocenters. The van der Waals surface area contributed by atoms with Crippen molar-refractivity contribution in [1.29, 1.82) is 0 Å². The molecular formula is C18H20N2O5. The first kappa shape index (κ1) is 17.0. The Morgan fingerprint density at radius 3 is 2.76 bits per heavy atom. The summed E-state index contributed by atoms with van der Waals surface area (Å²) >= 11 is 0. The fraction of sp³-hybridized carbons (Fsp3) is 0.389. The molecule has 0 saturated carbocycles. The molecule has 0 unspecified atom stereocenters. The van der Waals surface area contributed by atoms with Crippen LogP contribution in [0.1, 0.15) is 58.9 Å². The summed E-state index contributed by atoms with van der Waals surface area (Å²) in [6.45, 7) is 3.70. The van der Waals surface area contributed by atoms with Gasteiger partial charge in [-0.2, -0.15) is 0 Å². The Labute approximate surface area is 145 Å². The second kappa shape index (κ2) is 6.96. The first-order valence-electron chi connectivity index (χ1n) is 8.28. The number of hydrogen-bond donors (Lipinski definition) is 2. The molecule has 3 rings (SSSR count). The summed E-state index contributed by atoms with van der Waals surface area (Å²) in [5.74, 6) is -0.339. The van der Waals surface area contributed by atoms with E-state index in [1.165, 1.54) is 18.2 Å². The minimum Gasteiger partial charge on any atom is -0.489 e. The van der Waals surface area contributed by atoms with Gasteiger partial charge in [-0.25, -0.2) is 4.79 Å². The van der Waals surface area contributed by atoms with Crippen LogP contribution < -0.4 is 10.1 Å². The van der Waals surface area contributed by atoms with Crippen molar-refractivity contribution in [2.45, 2.75) is 45.6 Å². The minimum atomic E-state index is -1.08. The predicted molar refractivity (Wildman–Crippen MR) is 90.3 cm³/mol. The molecule has 1 aliphatic rings. The van der Waals surface area contributed by atoms with Gasteiger partial charge in [0.1, 0.15) is 11.5 Å². The number of hydrogen-bond acceptors (Lipinski definition) is 5. The molecule has 1 aromatic heterocycles. The Balaban J connectivity index is 1.90. The Bertz CT molecular complexity index is 810. The number of amides is 1. The van der Waals surface area contributed by atoms with Crippen molar-refractivity contribution in [3.8, 4) is 5.75 Å². The minimum absolute atomic E-state index is 0.0635. The molecule has 25 heavy (non-hydrogen) atoms. The van der Waals surface area contributed by atoms with Crippen molar-refractivity contribution >= 4 is 17.6 Å². The number of aromatic nitrogens is 1. The van der Waals surface area contributed by atoms with Crippen molar-refractivity contribution in [3.05, 3.63) is 40.8 Å². The van der Waals surface area contributed by atoms with Gasteiger partial charge < -0.3 is 19.7 Å². The monoisotopic (exact) mass is 344 g/mol. The van der Waals surface area contributed by atoms with Crippen molar-refractivity contribution < 1.29 is 24.0 Å². The highest BCUT2D eigenvalue weighted by molar-refractivity contribution is 6.05. The van der Waals surface area contributed by atoms with Gasteiger partial charge in [-0.05, 0) is 51.3 Å². The first-order valence-corrected chi connectivity index (χ1v) is 8.28. The van der Waals surface area contributed by atoms with Gasteiger partial charge in [-0.3, -0.25) is 4.79 Å². The molecule has 0 aliphatic heterocycles. The van der Waals surface area contributed by atoms with E-state index in [1.54, 1.807) is 0 Å². The lowest BCUT2D eigenvalue weighted by Gasteiger charge is -2.15. The zero-order valence-electron chi connectivity index (χ0n) is 14.2. The number of rotatable bonds is 5. The normalized spacial score (nSPS) is 13.4. The number of ether oxygens (including phenoxy) is 1. The molecule has 1 aliphatic carbocycles. The van der Waals surface area contributed by atoms with Crippen molar-refractivity contribution in [3.63, 3.8) is 0 Å². The van der Waals surface area contributed by atoms with Crippen LogP contribution in [0.25, 0.3) is 0 Å². The molecule has 2 N–H and O–H groups in total. The average molecular weight is 344 g/mol. The number of carboxylic acid groups (broad SMARTS) is 1. The molecule has 1 amide bonds. The number of fused-ring (bicyclic) bond motifs is 1. The Kier molecular flexibility index (Phi) is 4.74. The lowest BCUT2D eigenvalue weighted by Crippen LogP contribution is -2.17. The number of nitrogens with one attached hydrogen (secondary N) is 1. The molecule has 1 aromatic carbocycles. The van der Waals surface area contributed by atoms with Crippen LogP contribution in [0, 0.1) is 0 Å². The topological polar surface area (TPSA) is 102 Å². The van der Waals surface area contributed by atoms with E-state index >= 15 is 0 Å². The van der Waals surface area contributed by atoms with Gasteiger partial charge in [0, 0.05) is 12.0 Å². The van der Waals surface area contributed by atoms with Crippen molar-refractivity contribution in [2.75, 3.05) is 5.32 Å². The molecule has 7 heteroatoms. The zero-order chi connectivity index (χ0) is 18.0. The van der Waals surface area contributed by atoms with E-state index in [1.807, 2.05) is 13.8 Å². The van der Waals surface area contributed by atoms with Gasteiger partial charge in [-0.1, -0.05) is 5.16 Å². The number of carbonyl (C=O) groups excluding carboxylic acids is 1. The summed E-state index contributed by atoms with van der Waals surface area (Å²) in [5, 5.41) is 15.8. The summed E-state index contributed by atoms with van der Waals surface area (Å²) in [6.07, 6.45) is 3.44. The van der Waals surface area contributed by atoms with Gasteiger partial charge >= 0.3 is 5.97 Å². The van der Waals surface area contributed by atoms with Crippen LogP contribution in [-0.2, 0) is 12.8 Å². The Morgan fingerprint density at radius 2 is 2.04 bits per heavy atom. The third-order valence-electron chi connectivity index (χ3n) is 4.00. The Morgan fingerprint density at radius 1 is 1.28 bits per heavy atom. The van der Waals surface area contributed by atoms with Crippen LogP contribution >= 0.6 is 0 Å². The van der Waals surface area contributed by atoms with Crippen molar-refractivity contribution in [2.24, 2.45) is 0 Å². The van der Waals surface area contributed by atoms with Crippen LogP contribution in [0.3, 0.4) is 0 Å². The second-order valence-corrected chi connectivity index (χ2v) is 6.28. The number of benzene rings is 1. The van der Waals surface area contributed by atoms with Crippen LogP contribution in [-0.4, -0.2) is 28.2 Å². The highest BCUT2D eigenvalue weighted by Gasteiger charge is 2.25. The summed E-state index contributed by atoms with van der Waals surface area (Å²) in [4.78, 5) is 23.8. The molecule has 0 bridgehead atoms. The van der Waals surface area contributed by atoms with E-state index < -0.39 is 11.9 Å². The predicted octanol–water partition coefficient (Wildman–Crippen LogP) is 3.29. The van der Waals surface area contributed by atoms with E-state index in [4.69, 9.17) is 9.26 Å². The maximum absolute atomic E-state index is 12.6. The number of aryl methyl sites for hydroxylation is 1.